The molecule has 0 aromatic heterocycles. The second kappa shape index (κ2) is 8.70. The fraction of sp³-hybridized carbons (Fsp3) is 0.750. The van der Waals surface area contributed by atoms with E-state index in [1.54, 1.807) is 0 Å². The predicted octanol–water partition coefficient (Wildman–Crippen LogP) is -0.611. The third-order valence-corrected chi connectivity index (χ3v) is 4.29. The van der Waals surface area contributed by atoms with Gasteiger partial charge in [-0.25, -0.2) is 0 Å². The molecule has 0 spiro atoms. The summed E-state index contributed by atoms with van der Waals surface area (Å²) in [4.78, 5) is 26.7. The van der Waals surface area contributed by atoms with Crippen molar-refractivity contribution in [3.63, 3.8) is 0 Å². The zero-order chi connectivity index (χ0) is 15.8. The first-order valence-corrected chi connectivity index (χ1v) is 10.4. The summed E-state index contributed by atoms with van der Waals surface area (Å²) in [5.74, 6) is -0.274. The van der Waals surface area contributed by atoms with Gasteiger partial charge in [-0.3, -0.25) is 9.79 Å². The van der Waals surface area contributed by atoms with Crippen LogP contribution in [0.15, 0.2) is 4.99 Å². The number of rotatable bonds is 9. The average Bonchev–Trinajstić information content (AvgIpc) is 2.31. The van der Waals surface area contributed by atoms with E-state index >= 15 is 0 Å². The van der Waals surface area contributed by atoms with Gasteiger partial charge in [-0.15, -0.1) is 0 Å². The molecule has 116 valence electrons. The minimum Gasteiger partial charge on any atom is -0.370 e. The Morgan fingerprint density at radius 2 is 1.95 bits per heavy atom. The lowest BCUT2D eigenvalue weighted by Gasteiger charge is -2.22. The highest BCUT2D eigenvalue weighted by atomic mass is 28.3. The van der Waals surface area contributed by atoms with Crippen molar-refractivity contribution >= 4 is 26.2 Å². The molecule has 20 heavy (non-hydrogen) atoms. The molecule has 0 aromatic carbocycles. The fourth-order valence-electron chi connectivity index (χ4n) is 1.73. The molecular formula is C12H27N5O2Si. The van der Waals surface area contributed by atoms with Crippen LogP contribution in [0.3, 0.4) is 0 Å². The van der Waals surface area contributed by atoms with Gasteiger partial charge in [0.15, 0.2) is 5.96 Å². The van der Waals surface area contributed by atoms with Gasteiger partial charge in [0.2, 0.25) is 5.91 Å². The second-order valence-electron chi connectivity index (χ2n) is 6.07. The summed E-state index contributed by atoms with van der Waals surface area (Å²) in [5.41, 5.74) is 16.2. The highest BCUT2D eigenvalue weighted by Crippen LogP contribution is 2.10. The van der Waals surface area contributed by atoms with Crippen LogP contribution >= 0.6 is 0 Å². The number of guanidine groups is 1. The first kappa shape index (κ1) is 18.6. The van der Waals surface area contributed by atoms with Gasteiger partial charge in [-0.05, 0) is 18.9 Å². The Hall–Kier alpha value is -1.41. The SMILES string of the molecule is C[Si](C)(C)C[C@@H](C=O)NC(=O)[C@@H](N)CCCN=C(N)N. The van der Waals surface area contributed by atoms with E-state index in [-0.39, 0.29) is 11.9 Å². The Morgan fingerprint density at radius 3 is 2.40 bits per heavy atom. The van der Waals surface area contributed by atoms with Crippen LogP contribution in [-0.4, -0.2) is 44.9 Å². The third kappa shape index (κ3) is 9.51. The smallest absolute Gasteiger partial charge is 0.237 e. The summed E-state index contributed by atoms with van der Waals surface area (Å²) in [5, 5.41) is 2.69. The summed E-state index contributed by atoms with van der Waals surface area (Å²) in [6.45, 7) is 6.87. The van der Waals surface area contributed by atoms with E-state index in [9.17, 15) is 9.59 Å². The predicted molar refractivity (Wildman–Crippen MR) is 84.0 cm³/mol. The van der Waals surface area contributed by atoms with E-state index in [0.29, 0.717) is 25.4 Å². The Balaban J connectivity index is 4.16. The monoisotopic (exact) mass is 301 g/mol. The molecule has 1 amide bonds. The molecule has 0 unspecified atom stereocenters. The Kier molecular flexibility index (Phi) is 8.08. The van der Waals surface area contributed by atoms with Gasteiger partial charge in [0.05, 0.1) is 12.1 Å². The zero-order valence-electron chi connectivity index (χ0n) is 12.6. The summed E-state index contributed by atoms with van der Waals surface area (Å²) >= 11 is 0. The second-order valence-corrected chi connectivity index (χ2v) is 11.6. The van der Waals surface area contributed by atoms with Crippen LogP contribution in [0.5, 0.6) is 0 Å². The van der Waals surface area contributed by atoms with E-state index in [2.05, 4.69) is 30.0 Å². The van der Waals surface area contributed by atoms with Crippen molar-refractivity contribution in [3.8, 4) is 0 Å². The van der Waals surface area contributed by atoms with Crippen molar-refractivity contribution in [2.75, 3.05) is 6.54 Å². The lowest BCUT2D eigenvalue weighted by Crippen LogP contribution is -2.48. The van der Waals surface area contributed by atoms with E-state index in [4.69, 9.17) is 17.2 Å². The van der Waals surface area contributed by atoms with Crippen LogP contribution in [0.1, 0.15) is 12.8 Å². The molecule has 0 saturated heterocycles. The molecule has 8 heteroatoms. The Bertz CT molecular complexity index is 350. The number of amides is 1. The number of carbonyl (C=O) groups excluding carboxylic acids is 2. The number of hydrogen-bond acceptors (Lipinski definition) is 4. The maximum absolute atomic E-state index is 11.9. The van der Waals surface area contributed by atoms with Crippen molar-refractivity contribution in [1.82, 2.24) is 5.32 Å². The largest absolute Gasteiger partial charge is 0.370 e. The molecule has 0 rings (SSSR count). The van der Waals surface area contributed by atoms with Gasteiger partial charge in [-0.2, -0.15) is 0 Å². The van der Waals surface area contributed by atoms with Crippen molar-refractivity contribution in [2.45, 2.75) is 50.6 Å². The van der Waals surface area contributed by atoms with Crippen molar-refractivity contribution in [2.24, 2.45) is 22.2 Å². The number of nitrogens with zero attached hydrogens (tertiary/aromatic N) is 1. The molecule has 7 nitrogen and oxygen atoms in total. The summed E-state index contributed by atoms with van der Waals surface area (Å²) in [6, 6.07) is -0.380. The lowest BCUT2D eigenvalue weighted by molar-refractivity contribution is -0.125. The summed E-state index contributed by atoms with van der Waals surface area (Å²) in [6.07, 6.45) is 1.87. The fourth-order valence-corrected chi connectivity index (χ4v) is 3.25. The number of carbonyl (C=O) groups is 2. The van der Waals surface area contributed by atoms with Crippen molar-refractivity contribution in [3.05, 3.63) is 0 Å². The van der Waals surface area contributed by atoms with Crippen LogP contribution in [0, 0.1) is 0 Å². The van der Waals surface area contributed by atoms with Gasteiger partial charge < -0.3 is 27.3 Å². The Labute approximate surface area is 121 Å². The number of nitrogens with one attached hydrogen (secondary N) is 1. The van der Waals surface area contributed by atoms with E-state index < -0.39 is 20.2 Å². The van der Waals surface area contributed by atoms with Gasteiger partial charge >= 0.3 is 0 Å². The van der Waals surface area contributed by atoms with Crippen LogP contribution < -0.4 is 22.5 Å². The van der Waals surface area contributed by atoms with Gasteiger partial charge in [0.1, 0.15) is 6.29 Å². The number of aliphatic imine (C=N–C) groups is 1. The van der Waals surface area contributed by atoms with Gasteiger partial charge in [0, 0.05) is 14.6 Å². The molecule has 0 fully saturated rings. The van der Waals surface area contributed by atoms with E-state index in [1.807, 2.05) is 0 Å². The lowest BCUT2D eigenvalue weighted by atomic mass is 10.1. The number of aldehydes is 1. The normalized spacial score (nSPS) is 14.2. The van der Waals surface area contributed by atoms with Gasteiger partial charge in [-0.1, -0.05) is 19.6 Å². The van der Waals surface area contributed by atoms with Crippen LogP contribution in [0.25, 0.3) is 0 Å². The first-order chi connectivity index (χ1) is 9.15. The third-order valence-electron chi connectivity index (χ3n) is 2.63. The van der Waals surface area contributed by atoms with Crippen LogP contribution in [0.4, 0.5) is 0 Å². The molecule has 0 saturated carbocycles. The van der Waals surface area contributed by atoms with E-state index in [1.165, 1.54) is 0 Å². The van der Waals surface area contributed by atoms with Crippen LogP contribution in [-0.2, 0) is 9.59 Å². The standard InChI is InChI=1S/C12H27N5O2Si/c1-20(2,3)8-9(7-18)17-11(19)10(13)5-4-6-16-12(14)15/h7,9-10H,4-6,8,13H2,1-3H3,(H,17,19)(H4,14,15,16)/t9-,10+/m1/s1. The molecular weight excluding hydrogens is 274 g/mol. The summed E-state index contributed by atoms with van der Waals surface area (Å²) in [7, 11) is -1.42. The van der Waals surface area contributed by atoms with Gasteiger partial charge in [0.25, 0.3) is 0 Å². The molecule has 0 aliphatic rings. The Morgan fingerprint density at radius 1 is 1.35 bits per heavy atom. The summed E-state index contributed by atoms with van der Waals surface area (Å²) < 4.78 is 0. The number of hydrogen-bond donors (Lipinski definition) is 4. The van der Waals surface area contributed by atoms with Crippen molar-refractivity contribution in [1.29, 1.82) is 0 Å². The maximum Gasteiger partial charge on any atom is 0.237 e. The molecule has 0 heterocycles. The molecule has 0 aliphatic heterocycles. The highest BCUT2D eigenvalue weighted by molar-refractivity contribution is 6.76. The molecule has 2 atom stereocenters. The zero-order valence-corrected chi connectivity index (χ0v) is 13.6. The molecule has 0 aliphatic carbocycles. The quantitative estimate of drug-likeness (QED) is 0.148. The number of nitrogens with two attached hydrogens (primary N) is 3. The highest BCUT2D eigenvalue weighted by Gasteiger charge is 2.23. The average molecular weight is 301 g/mol. The minimum absolute atomic E-state index is 0.0270. The minimum atomic E-state index is -1.42. The molecule has 0 bridgehead atoms. The first-order valence-electron chi connectivity index (χ1n) is 6.72. The molecule has 7 N–H and O–H groups in total. The van der Waals surface area contributed by atoms with E-state index in [0.717, 1.165) is 6.29 Å². The van der Waals surface area contributed by atoms with Crippen molar-refractivity contribution < 1.29 is 9.59 Å². The topological polar surface area (TPSA) is 137 Å². The molecule has 0 radical (unpaired) electrons. The maximum atomic E-state index is 11.9. The van der Waals surface area contributed by atoms with Crippen LogP contribution in [0.2, 0.25) is 25.7 Å². The molecule has 0 aromatic rings.